The topological polar surface area (TPSA) is 68.2 Å². The second-order valence-electron chi connectivity index (χ2n) is 5.80. The highest BCUT2D eigenvalue weighted by Gasteiger charge is 2.23. The Labute approximate surface area is 115 Å². The van der Waals surface area contributed by atoms with Crippen molar-refractivity contribution in [2.75, 3.05) is 19.6 Å². The van der Waals surface area contributed by atoms with Gasteiger partial charge in [0.25, 0.3) is 0 Å². The molecule has 1 saturated heterocycles. The molecule has 19 heavy (non-hydrogen) atoms. The van der Waals surface area contributed by atoms with Crippen LogP contribution in [-0.4, -0.2) is 40.7 Å². The second-order valence-corrected chi connectivity index (χ2v) is 5.80. The predicted molar refractivity (Wildman–Crippen MR) is 74.8 cm³/mol. The van der Waals surface area contributed by atoms with E-state index in [9.17, 15) is 0 Å². The molecule has 108 valence electrons. The van der Waals surface area contributed by atoms with Gasteiger partial charge in [-0.05, 0) is 52.1 Å². The first-order valence-electron chi connectivity index (χ1n) is 7.44. The van der Waals surface area contributed by atoms with Gasteiger partial charge in [-0.15, -0.1) is 0 Å². The number of likely N-dealkylation sites (tertiary alicyclic amines) is 1. The molecule has 1 aliphatic heterocycles. The van der Waals surface area contributed by atoms with Crippen LogP contribution in [0, 0.1) is 5.92 Å². The number of hydrogen-bond donors (Lipinski definition) is 1. The summed E-state index contributed by atoms with van der Waals surface area (Å²) in [5.74, 6) is 2.25. The minimum atomic E-state index is 0.630. The third-order valence-corrected chi connectivity index (χ3v) is 3.86. The van der Waals surface area contributed by atoms with Gasteiger partial charge < -0.3 is 15.2 Å². The van der Waals surface area contributed by atoms with Crippen LogP contribution in [-0.2, 0) is 12.8 Å². The monoisotopic (exact) mass is 266 g/mol. The van der Waals surface area contributed by atoms with Crippen molar-refractivity contribution in [3.8, 4) is 0 Å². The molecule has 1 fully saturated rings. The fourth-order valence-corrected chi connectivity index (χ4v) is 2.71. The molecule has 0 aromatic carbocycles. The van der Waals surface area contributed by atoms with Gasteiger partial charge in [0.1, 0.15) is 0 Å². The Morgan fingerprint density at radius 1 is 1.47 bits per heavy atom. The van der Waals surface area contributed by atoms with Crippen molar-refractivity contribution in [1.82, 2.24) is 15.0 Å². The van der Waals surface area contributed by atoms with Gasteiger partial charge in [-0.25, -0.2) is 0 Å². The highest BCUT2D eigenvalue weighted by atomic mass is 16.5. The molecule has 1 aliphatic rings. The summed E-state index contributed by atoms with van der Waals surface area (Å²) < 4.78 is 5.34. The van der Waals surface area contributed by atoms with Gasteiger partial charge >= 0.3 is 0 Å². The molecule has 0 saturated carbocycles. The van der Waals surface area contributed by atoms with Crippen molar-refractivity contribution in [2.45, 2.75) is 52.0 Å². The smallest absolute Gasteiger partial charge is 0.226 e. The van der Waals surface area contributed by atoms with E-state index in [0.29, 0.717) is 18.5 Å². The molecule has 2 rings (SSSR count). The minimum absolute atomic E-state index is 0.630. The average Bonchev–Trinajstić information content (AvgIpc) is 2.84. The van der Waals surface area contributed by atoms with Crippen LogP contribution in [0.4, 0.5) is 0 Å². The Balaban J connectivity index is 1.84. The molecule has 0 radical (unpaired) electrons. The van der Waals surface area contributed by atoms with Gasteiger partial charge in [-0.2, -0.15) is 4.98 Å². The van der Waals surface area contributed by atoms with Crippen LogP contribution in [0.5, 0.6) is 0 Å². The van der Waals surface area contributed by atoms with Gasteiger partial charge in [0.15, 0.2) is 5.82 Å². The van der Waals surface area contributed by atoms with Crippen LogP contribution in [0.2, 0.25) is 0 Å². The SMILES string of the molecule is CC(C)N1CCCC(Cc2nc(CCCN)no2)C1. The molecule has 1 unspecified atom stereocenters. The van der Waals surface area contributed by atoms with Crippen LogP contribution in [0.25, 0.3) is 0 Å². The maximum Gasteiger partial charge on any atom is 0.226 e. The number of rotatable bonds is 6. The van der Waals surface area contributed by atoms with Gasteiger partial charge in [-0.1, -0.05) is 5.16 Å². The van der Waals surface area contributed by atoms with Crippen molar-refractivity contribution in [2.24, 2.45) is 11.7 Å². The Bertz CT molecular complexity index is 377. The first-order valence-corrected chi connectivity index (χ1v) is 7.44. The molecular weight excluding hydrogens is 240 g/mol. The summed E-state index contributed by atoms with van der Waals surface area (Å²) >= 11 is 0. The summed E-state index contributed by atoms with van der Waals surface area (Å²) in [5, 5.41) is 4.02. The molecule has 2 heterocycles. The first-order chi connectivity index (χ1) is 9.19. The quantitative estimate of drug-likeness (QED) is 0.847. The predicted octanol–water partition coefficient (Wildman–Crippen LogP) is 1.62. The molecule has 0 amide bonds. The van der Waals surface area contributed by atoms with Gasteiger partial charge in [0.05, 0.1) is 0 Å². The summed E-state index contributed by atoms with van der Waals surface area (Å²) in [4.78, 5) is 7.00. The maximum atomic E-state index is 5.48. The maximum absolute atomic E-state index is 5.48. The summed E-state index contributed by atoms with van der Waals surface area (Å²) in [5.41, 5.74) is 5.48. The minimum Gasteiger partial charge on any atom is -0.339 e. The van der Waals surface area contributed by atoms with Crippen molar-refractivity contribution < 1.29 is 4.52 Å². The zero-order valence-corrected chi connectivity index (χ0v) is 12.1. The van der Waals surface area contributed by atoms with Crippen molar-refractivity contribution in [1.29, 1.82) is 0 Å². The highest BCUT2D eigenvalue weighted by Crippen LogP contribution is 2.21. The van der Waals surface area contributed by atoms with Crippen LogP contribution in [0.1, 0.15) is 44.8 Å². The Morgan fingerprint density at radius 3 is 3.05 bits per heavy atom. The van der Waals surface area contributed by atoms with E-state index in [1.54, 1.807) is 0 Å². The lowest BCUT2D eigenvalue weighted by Crippen LogP contribution is -2.40. The molecule has 1 aromatic heterocycles. The van der Waals surface area contributed by atoms with E-state index in [4.69, 9.17) is 10.3 Å². The second kappa shape index (κ2) is 7.01. The van der Waals surface area contributed by atoms with Crippen LogP contribution in [0.3, 0.4) is 0 Å². The van der Waals surface area contributed by atoms with E-state index in [1.807, 2.05) is 0 Å². The molecular formula is C14H26N4O. The zero-order valence-electron chi connectivity index (χ0n) is 12.1. The molecule has 0 bridgehead atoms. The standard InChI is InChI=1S/C14H26N4O/c1-11(2)18-8-4-5-12(10-18)9-14-16-13(17-19-14)6-3-7-15/h11-12H,3-10,15H2,1-2H3. The van der Waals surface area contributed by atoms with E-state index in [2.05, 4.69) is 28.9 Å². The fraction of sp³-hybridized carbons (Fsp3) is 0.857. The number of aryl methyl sites for hydroxylation is 1. The van der Waals surface area contributed by atoms with Crippen LogP contribution >= 0.6 is 0 Å². The summed E-state index contributed by atoms with van der Waals surface area (Å²) in [6, 6.07) is 0.630. The number of nitrogens with two attached hydrogens (primary N) is 1. The van der Waals surface area contributed by atoms with Crippen LogP contribution in [0.15, 0.2) is 4.52 Å². The summed E-state index contributed by atoms with van der Waals surface area (Å²) in [6.45, 7) is 7.58. The number of piperidine rings is 1. The van der Waals surface area contributed by atoms with Crippen molar-refractivity contribution >= 4 is 0 Å². The third kappa shape index (κ3) is 4.28. The zero-order chi connectivity index (χ0) is 13.7. The van der Waals surface area contributed by atoms with E-state index in [-0.39, 0.29) is 0 Å². The molecule has 5 heteroatoms. The number of aromatic nitrogens is 2. The van der Waals surface area contributed by atoms with E-state index < -0.39 is 0 Å². The largest absolute Gasteiger partial charge is 0.339 e. The lowest BCUT2D eigenvalue weighted by Gasteiger charge is -2.34. The Hall–Kier alpha value is -0.940. The van der Waals surface area contributed by atoms with Gasteiger partial charge in [0.2, 0.25) is 5.89 Å². The molecule has 1 atom stereocenters. The van der Waals surface area contributed by atoms with E-state index in [0.717, 1.165) is 37.5 Å². The lowest BCUT2D eigenvalue weighted by atomic mass is 9.94. The van der Waals surface area contributed by atoms with Crippen molar-refractivity contribution in [3.05, 3.63) is 11.7 Å². The summed E-state index contributed by atoms with van der Waals surface area (Å²) in [7, 11) is 0. The van der Waals surface area contributed by atoms with Crippen molar-refractivity contribution in [3.63, 3.8) is 0 Å². The molecule has 0 aliphatic carbocycles. The molecule has 1 aromatic rings. The average molecular weight is 266 g/mol. The third-order valence-electron chi connectivity index (χ3n) is 3.86. The highest BCUT2D eigenvalue weighted by molar-refractivity contribution is 4.90. The molecule has 5 nitrogen and oxygen atoms in total. The van der Waals surface area contributed by atoms with E-state index in [1.165, 1.54) is 19.4 Å². The Morgan fingerprint density at radius 2 is 2.32 bits per heavy atom. The Kier molecular flexibility index (Phi) is 5.34. The molecule has 2 N–H and O–H groups in total. The van der Waals surface area contributed by atoms with Crippen LogP contribution < -0.4 is 5.73 Å². The first kappa shape index (κ1) is 14.5. The summed E-state index contributed by atoms with van der Waals surface area (Å²) in [6.07, 6.45) is 5.20. The van der Waals surface area contributed by atoms with E-state index >= 15 is 0 Å². The lowest BCUT2D eigenvalue weighted by molar-refractivity contribution is 0.135. The number of hydrogen-bond acceptors (Lipinski definition) is 5. The normalized spacial score (nSPS) is 21.2. The van der Waals surface area contributed by atoms with Gasteiger partial charge in [-0.3, -0.25) is 0 Å². The fourth-order valence-electron chi connectivity index (χ4n) is 2.71. The number of nitrogens with zero attached hydrogens (tertiary/aromatic N) is 3. The van der Waals surface area contributed by atoms with Gasteiger partial charge in [0, 0.05) is 25.4 Å². The molecule has 0 spiro atoms.